The number of carbonyl (C=O) groups excluding carboxylic acids is 1. The van der Waals surface area contributed by atoms with Gasteiger partial charge in [0, 0.05) is 6.54 Å². The van der Waals surface area contributed by atoms with E-state index < -0.39 is 25.2 Å². The Hall–Kier alpha value is -1.08. The molecule has 0 atom stereocenters. The minimum atomic E-state index is -4.45. The zero-order chi connectivity index (χ0) is 13.8. The normalized spacial score (nSPS) is 11.8. The molecular formula is C10H12ClF3N2O2. The second-order valence-electron chi connectivity index (χ2n) is 3.60. The first kappa shape index (κ1) is 15.0. The molecule has 0 aliphatic heterocycles. The highest BCUT2D eigenvalue weighted by molar-refractivity contribution is 6.33. The molecule has 0 spiro atoms. The van der Waals surface area contributed by atoms with E-state index in [0.29, 0.717) is 6.54 Å². The van der Waals surface area contributed by atoms with Crippen LogP contribution in [0.2, 0.25) is 5.02 Å². The maximum absolute atomic E-state index is 11.8. The summed E-state index contributed by atoms with van der Waals surface area (Å²) in [6.07, 6.45) is -2.44. The van der Waals surface area contributed by atoms with Gasteiger partial charge in [0.05, 0.1) is 11.2 Å². The number of aromatic nitrogens is 2. The Morgan fingerprint density at radius 3 is 2.78 bits per heavy atom. The van der Waals surface area contributed by atoms with Crippen LogP contribution in [0.5, 0.6) is 0 Å². The zero-order valence-corrected chi connectivity index (χ0v) is 10.4. The van der Waals surface area contributed by atoms with Crippen LogP contribution in [0.3, 0.4) is 0 Å². The first-order chi connectivity index (χ1) is 8.35. The maximum atomic E-state index is 11.8. The molecule has 0 unspecified atom stereocenters. The Bertz CT molecular complexity index is 418. The van der Waals surface area contributed by atoms with E-state index in [2.05, 4.69) is 9.84 Å². The molecule has 0 N–H and O–H groups in total. The Kier molecular flexibility index (Phi) is 5.15. The highest BCUT2D eigenvalue weighted by Gasteiger charge is 2.28. The number of aryl methyl sites for hydroxylation is 1. The van der Waals surface area contributed by atoms with E-state index in [-0.39, 0.29) is 10.7 Å². The number of rotatable bonds is 6. The van der Waals surface area contributed by atoms with Crippen molar-refractivity contribution in [2.24, 2.45) is 0 Å². The molecule has 0 bridgehead atoms. The largest absolute Gasteiger partial charge is 0.411 e. The fraction of sp³-hybridized carbons (Fsp3) is 0.600. The average Bonchev–Trinajstić information content (AvgIpc) is 2.58. The summed E-state index contributed by atoms with van der Waals surface area (Å²) in [5.41, 5.74) is 0.0840. The Morgan fingerprint density at radius 1 is 1.56 bits per heavy atom. The van der Waals surface area contributed by atoms with Gasteiger partial charge in [-0.1, -0.05) is 18.5 Å². The molecule has 8 heteroatoms. The van der Waals surface area contributed by atoms with E-state index in [9.17, 15) is 18.0 Å². The lowest BCUT2D eigenvalue weighted by Crippen LogP contribution is -2.22. The molecule has 1 rings (SSSR count). The van der Waals surface area contributed by atoms with Crippen molar-refractivity contribution in [2.75, 3.05) is 13.2 Å². The molecular weight excluding hydrogens is 273 g/mol. The summed E-state index contributed by atoms with van der Waals surface area (Å²) in [5, 5.41) is 3.98. The predicted octanol–water partition coefficient (Wildman–Crippen LogP) is 2.71. The number of hydrogen-bond donors (Lipinski definition) is 0. The molecule has 0 fully saturated rings. The monoisotopic (exact) mass is 284 g/mol. The zero-order valence-electron chi connectivity index (χ0n) is 9.63. The van der Waals surface area contributed by atoms with Crippen LogP contribution in [0.15, 0.2) is 6.20 Å². The van der Waals surface area contributed by atoms with Gasteiger partial charge >= 0.3 is 6.18 Å². The quantitative estimate of drug-likeness (QED) is 0.755. The smallest absolute Gasteiger partial charge is 0.364 e. The van der Waals surface area contributed by atoms with Gasteiger partial charge in [-0.05, 0) is 6.42 Å². The number of nitrogens with zero attached hydrogens (tertiary/aromatic N) is 2. The minimum Gasteiger partial charge on any atom is -0.364 e. The highest BCUT2D eigenvalue weighted by Crippen LogP contribution is 2.18. The fourth-order valence-corrected chi connectivity index (χ4v) is 1.60. The summed E-state index contributed by atoms with van der Waals surface area (Å²) < 4.78 is 41.2. The number of ketones is 1. The average molecular weight is 285 g/mol. The van der Waals surface area contributed by atoms with Crippen LogP contribution in [0, 0.1) is 0 Å². The van der Waals surface area contributed by atoms with Crippen molar-refractivity contribution in [1.82, 2.24) is 9.78 Å². The van der Waals surface area contributed by atoms with Crippen molar-refractivity contribution in [3.63, 3.8) is 0 Å². The number of carbonyl (C=O) groups is 1. The van der Waals surface area contributed by atoms with Crippen LogP contribution >= 0.6 is 11.6 Å². The molecule has 0 saturated heterocycles. The summed E-state index contributed by atoms with van der Waals surface area (Å²) in [6, 6.07) is 0. The molecule has 18 heavy (non-hydrogen) atoms. The SMILES string of the molecule is CCCn1ncc(Cl)c1C(=O)COCC(F)(F)F. The molecule has 0 amide bonds. The van der Waals surface area contributed by atoms with Gasteiger partial charge in [-0.2, -0.15) is 18.3 Å². The number of hydrogen-bond acceptors (Lipinski definition) is 3. The van der Waals surface area contributed by atoms with E-state index in [1.807, 2.05) is 6.92 Å². The Balaban J connectivity index is 2.63. The number of ether oxygens (including phenoxy) is 1. The molecule has 1 aromatic rings. The van der Waals surface area contributed by atoms with Crippen LogP contribution in [0.1, 0.15) is 23.8 Å². The fourth-order valence-electron chi connectivity index (χ4n) is 1.35. The van der Waals surface area contributed by atoms with Crippen molar-refractivity contribution in [3.8, 4) is 0 Å². The lowest BCUT2D eigenvalue weighted by atomic mass is 10.3. The van der Waals surface area contributed by atoms with Crippen LogP contribution in [0.4, 0.5) is 13.2 Å². The van der Waals surface area contributed by atoms with Crippen molar-refractivity contribution < 1.29 is 22.7 Å². The van der Waals surface area contributed by atoms with E-state index in [0.717, 1.165) is 6.42 Å². The van der Waals surface area contributed by atoms with Crippen LogP contribution in [-0.4, -0.2) is 35.0 Å². The summed E-state index contributed by atoms with van der Waals surface area (Å²) in [4.78, 5) is 11.7. The number of alkyl halides is 3. The van der Waals surface area contributed by atoms with Gasteiger partial charge in [0.15, 0.2) is 0 Å². The van der Waals surface area contributed by atoms with E-state index in [4.69, 9.17) is 11.6 Å². The van der Waals surface area contributed by atoms with Crippen molar-refractivity contribution in [3.05, 3.63) is 16.9 Å². The summed E-state index contributed by atoms with van der Waals surface area (Å²) >= 11 is 5.76. The summed E-state index contributed by atoms with van der Waals surface area (Å²) in [5.74, 6) is -0.616. The van der Waals surface area contributed by atoms with Crippen LogP contribution in [-0.2, 0) is 11.3 Å². The molecule has 0 aromatic carbocycles. The standard InChI is InChI=1S/C10H12ClF3N2O2/c1-2-3-16-9(7(11)4-15-16)8(17)5-18-6-10(12,13)14/h4H,2-3,5-6H2,1H3. The van der Waals surface area contributed by atoms with Crippen LogP contribution in [0.25, 0.3) is 0 Å². The Labute approximate surface area is 107 Å². The van der Waals surface area contributed by atoms with Gasteiger partial charge in [0.25, 0.3) is 0 Å². The van der Waals surface area contributed by atoms with E-state index in [1.54, 1.807) is 0 Å². The summed E-state index contributed by atoms with van der Waals surface area (Å²) in [6.45, 7) is 0.212. The van der Waals surface area contributed by atoms with Gasteiger partial charge in [-0.25, -0.2) is 0 Å². The first-order valence-electron chi connectivity index (χ1n) is 5.24. The molecule has 0 aliphatic rings. The Morgan fingerprint density at radius 2 is 2.22 bits per heavy atom. The van der Waals surface area contributed by atoms with Gasteiger partial charge in [-0.3, -0.25) is 9.48 Å². The van der Waals surface area contributed by atoms with Crippen molar-refractivity contribution >= 4 is 17.4 Å². The third-order valence-corrected chi connectivity index (χ3v) is 2.27. The second-order valence-corrected chi connectivity index (χ2v) is 4.00. The maximum Gasteiger partial charge on any atom is 0.411 e. The van der Waals surface area contributed by atoms with Crippen molar-refractivity contribution in [1.29, 1.82) is 0 Å². The van der Waals surface area contributed by atoms with Gasteiger partial charge in [-0.15, -0.1) is 0 Å². The number of halogens is 4. The van der Waals surface area contributed by atoms with Gasteiger partial charge in [0.1, 0.15) is 18.9 Å². The van der Waals surface area contributed by atoms with E-state index in [1.165, 1.54) is 10.9 Å². The first-order valence-corrected chi connectivity index (χ1v) is 5.62. The molecule has 4 nitrogen and oxygen atoms in total. The lowest BCUT2D eigenvalue weighted by Gasteiger charge is -2.08. The van der Waals surface area contributed by atoms with Gasteiger partial charge < -0.3 is 4.74 Å². The molecule has 102 valence electrons. The topological polar surface area (TPSA) is 44.1 Å². The van der Waals surface area contributed by atoms with E-state index >= 15 is 0 Å². The molecule has 0 saturated carbocycles. The third-order valence-electron chi connectivity index (χ3n) is 1.99. The minimum absolute atomic E-state index is 0.0840. The highest BCUT2D eigenvalue weighted by atomic mass is 35.5. The van der Waals surface area contributed by atoms with Crippen molar-refractivity contribution in [2.45, 2.75) is 26.1 Å². The molecule has 1 heterocycles. The molecule has 0 radical (unpaired) electrons. The molecule has 1 aromatic heterocycles. The predicted molar refractivity (Wildman–Crippen MR) is 58.7 cm³/mol. The third kappa shape index (κ3) is 4.30. The number of Topliss-reactive ketones (excluding diaryl/α,β-unsaturated/α-hetero) is 1. The lowest BCUT2D eigenvalue weighted by molar-refractivity contribution is -0.170. The van der Waals surface area contributed by atoms with Crippen LogP contribution < -0.4 is 0 Å². The second kappa shape index (κ2) is 6.19. The summed E-state index contributed by atoms with van der Waals surface area (Å²) in [7, 11) is 0. The molecule has 0 aliphatic carbocycles. The van der Waals surface area contributed by atoms with Gasteiger partial charge in [0.2, 0.25) is 5.78 Å².